The van der Waals surface area contributed by atoms with E-state index in [1.807, 2.05) is 0 Å². The average molecular weight is 347 g/mol. The van der Waals surface area contributed by atoms with Crippen molar-refractivity contribution < 1.29 is 17.9 Å². The Hall–Kier alpha value is -1.76. The Kier molecular flexibility index (Phi) is 4.49. The minimum absolute atomic E-state index is 0.0531. The molecule has 1 N–H and O–H groups in total. The van der Waals surface area contributed by atoms with Crippen LogP contribution >= 0.6 is 15.9 Å². The normalized spacial score (nSPS) is 10.4. The zero-order chi connectivity index (χ0) is 14.7. The van der Waals surface area contributed by atoms with Crippen LogP contribution in [0.2, 0.25) is 0 Å². The van der Waals surface area contributed by atoms with Crippen molar-refractivity contribution in [2.75, 3.05) is 11.9 Å². The van der Waals surface area contributed by atoms with E-state index in [-0.39, 0.29) is 11.6 Å². The summed E-state index contributed by atoms with van der Waals surface area (Å²) in [5.41, 5.74) is 0. The van der Waals surface area contributed by atoms with E-state index in [9.17, 15) is 13.2 Å². The molecule has 0 amide bonds. The quantitative estimate of drug-likeness (QED) is 0.885. The van der Waals surface area contributed by atoms with Crippen LogP contribution in [0.3, 0.4) is 0 Å². The van der Waals surface area contributed by atoms with Crippen LogP contribution in [0.4, 0.5) is 19.0 Å². The summed E-state index contributed by atoms with van der Waals surface area (Å²) in [6, 6.07) is 4.41. The molecule has 7 heteroatoms. The predicted molar refractivity (Wildman–Crippen MR) is 72.5 cm³/mol. The Morgan fingerprint density at radius 2 is 1.90 bits per heavy atom. The topological polar surface area (TPSA) is 34.2 Å². The number of halogens is 4. The highest BCUT2D eigenvalue weighted by molar-refractivity contribution is 9.10. The molecule has 0 spiro atoms. The summed E-state index contributed by atoms with van der Waals surface area (Å²) in [4.78, 5) is 3.70. The maximum absolute atomic E-state index is 13.6. The molecule has 2 aromatic rings. The second-order valence-corrected chi connectivity index (χ2v) is 4.76. The van der Waals surface area contributed by atoms with Gasteiger partial charge in [0.1, 0.15) is 11.6 Å². The van der Waals surface area contributed by atoms with Gasteiger partial charge in [-0.1, -0.05) is 15.9 Å². The van der Waals surface area contributed by atoms with Crippen LogP contribution in [0.5, 0.6) is 11.6 Å². The lowest BCUT2D eigenvalue weighted by atomic mass is 10.3. The largest absolute Gasteiger partial charge is 0.436 e. The first-order valence-electron chi connectivity index (χ1n) is 5.73. The number of ether oxygens (including phenoxy) is 1. The van der Waals surface area contributed by atoms with Gasteiger partial charge in [0.05, 0.1) is 0 Å². The third kappa shape index (κ3) is 3.41. The van der Waals surface area contributed by atoms with E-state index < -0.39 is 23.3 Å². The van der Waals surface area contributed by atoms with Crippen LogP contribution < -0.4 is 10.1 Å². The van der Waals surface area contributed by atoms with Gasteiger partial charge in [0.15, 0.2) is 17.5 Å². The van der Waals surface area contributed by atoms with Gasteiger partial charge in [-0.05, 0) is 19.1 Å². The first-order chi connectivity index (χ1) is 9.49. The van der Waals surface area contributed by atoms with E-state index in [4.69, 9.17) is 4.74 Å². The number of benzene rings is 1. The Labute approximate surface area is 121 Å². The average Bonchev–Trinajstić information content (AvgIpc) is 2.34. The Morgan fingerprint density at radius 3 is 2.55 bits per heavy atom. The molecule has 1 heterocycles. The van der Waals surface area contributed by atoms with Gasteiger partial charge >= 0.3 is 0 Å². The highest BCUT2D eigenvalue weighted by atomic mass is 79.9. The molecule has 0 aliphatic heterocycles. The number of pyridine rings is 1. The Bertz CT molecular complexity index is 617. The van der Waals surface area contributed by atoms with E-state index in [1.165, 1.54) is 12.1 Å². The third-order valence-corrected chi connectivity index (χ3v) is 2.75. The smallest absolute Gasteiger partial charge is 0.258 e. The van der Waals surface area contributed by atoms with Crippen LogP contribution in [0, 0.1) is 17.5 Å². The fraction of sp³-hybridized carbons (Fsp3) is 0.154. The monoisotopic (exact) mass is 346 g/mol. The Balaban J connectivity index is 2.34. The summed E-state index contributed by atoms with van der Waals surface area (Å²) in [5.74, 6) is -2.85. The summed E-state index contributed by atoms with van der Waals surface area (Å²) in [6.07, 6.45) is 0. The van der Waals surface area contributed by atoms with Crippen LogP contribution in [0.15, 0.2) is 28.7 Å². The number of nitrogens with zero attached hydrogens (tertiary/aromatic N) is 1. The van der Waals surface area contributed by atoms with Gasteiger partial charge in [-0.15, -0.1) is 0 Å². The minimum atomic E-state index is -0.968. The van der Waals surface area contributed by atoms with Crippen molar-refractivity contribution in [3.8, 4) is 11.6 Å². The SMILES string of the molecule is CCNc1nc(Oc2cc(F)cc(Br)c2)c(F)cc1F. The van der Waals surface area contributed by atoms with Crippen molar-refractivity contribution in [2.45, 2.75) is 6.92 Å². The maximum atomic E-state index is 13.6. The first kappa shape index (κ1) is 14.6. The van der Waals surface area contributed by atoms with Crippen molar-refractivity contribution in [1.82, 2.24) is 4.98 Å². The number of hydrogen-bond donors (Lipinski definition) is 1. The van der Waals surface area contributed by atoms with Crippen molar-refractivity contribution >= 4 is 21.7 Å². The fourth-order valence-corrected chi connectivity index (χ4v) is 1.96. The van der Waals surface area contributed by atoms with E-state index >= 15 is 0 Å². The summed E-state index contributed by atoms with van der Waals surface area (Å²) in [6.45, 7) is 2.16. The number of nitrogens with one attached hydrogen (secondary N) is 1. The molecule has 0 saturated heterocycles. The molecule has 106 valence electrons. The van der Waals surface area contributed by atoms with Crippen molar-refractivity contribution in [2.24, 2.45) is 0 Å². The molecule has 0 radical (unpaired) electrons. The van der Waals surface area contributed by atoms with Gasteiger partial charge in [-0.3, -0.25) is 0 Å². The van der Waals surface area contributed by atoms with Crippen LogP contribution in [0.25, 0.3) is 0 Å². The van der Waals surface area contributed by atoms with Crippen LogP contribution in [-0.4, -0.2) is 11.5 Å². The summed E-state index contributed by atoms with van der Waals surface area (Å²) < 4.78 is 45.8. The molecular formula is C13H10BrF3N2O. The third-order valence-electron chi connectivity index (χ3n) is 2.29. The number of aromatic nitrogens is 1. The highest BCUT2D eigenvalue weighted by Crippen LogP contribution is 2.28. The molecule has 3 nitrogen and oxygen atoms in total. The second-order valence-electron chi connectivity index (χ2n) is 3.84. The highest BCUT2D eigenvalue weighted by Gasteiger charge is 2.14. The second kappa shape index (κ2) is 6.13. The van der Waals surface area contributed by atoms with Gasteiger partial charge in [-0.25, -0.2) is 13.2 Å². The van der Waals surface area contributed by atoms with Gasteiger partial charge in [0.2, 0.25) is 0 Å². The molecule has 0 unspecified atom stereocenters. The molecule has 0 saturated carbocycles. The molecule has 0 atom stereocenters. The fourth-order valence-electron chi connectivity index (χ4n) is 1.51. The van der Waals surface area contributed by atoms with Gasteiger partial charge in [-0.2, -0.15) is 4.98 Å². The zero-order valence-electron chi connectivity index (χ0n) is 10.4. The predicted octanol–water partition coefficient (Wildman–Crippen LogP) is 4.49. The maximum Gasteiger partial charge on any atom is 0.258 e. The Morgan fingerprint density at radius 1 is 1.15 bits per heavy atom. The van der Waals surface area contributed by atoms with Crippen molar-refractivity contribution in [3.63, 3.8) is 0 Å². The van der Waals surface area contributed by atoms with Crippen LogP contribution in [0.1, 0.15) is 6.92 Å². The molecule has 0 fully saturated rings. The molecule has 1 aromatic heterocycles. The first-order valence-corrected chi connectivity index (χ1v) is 6.52. The molecule has 2 rings (SSSR count). The number of hydrogen-bond acceptors (Lipinski definition) is 3. The number of rotatable bonds is 4. The van der Waals surface area contributed by atoms with Crippen molar-refractivity contribution in [1.29, 1.82) is 0 Å². The molecule has 0 bridgehead atoms. The lowest BCUT2D eigenvalue weighted by molar-refractivity contribution is 0.415. The zero-order valence-corrected chi connectivity index (χ0v) is 12.0. The van der Waals surface area contributed by atoms with Crippen molar-refractivity contribution in [3.05, 3.63) is 46.2 Å². The van der Waals surface area contributed by atoms with Crippen LogP contribution in [-0.2, 0) is 0 Å². The van der Waals surface area contributed by atoms with E-state index in [1.54, 1.807) is 6.92 Å². The van der Waals surface area contributed by atoms with Gasteiger partial charge < -0.3 is 10.1 Å². The summed E-state index contributed by atoms with van der Waals surface area (Å²) in [5, 5.41) is 2.64. The molecule has 0 aliphatic rings. The lowest BCUT2D eigenvalue weighted by Gasteiger charge is -2.09. The molecule has 1 aromatic carbocycles. The summed E-state index contributed by atoms with van der Waals surface area (Å²) >= 11 is 3.09. The van der Waals surface area contributed by atoms with E-state index in [0.717, 1.165) is 6.07 Å². The van der Waals surface area contributed by atoms with E-state index in [0.29, 0.717) is 17.1 Å². The standard InChI is InChI=1S/C13H10BrF3N2O/c1-2-18-12-10(16)6-11(17)13(19-12)20-9-4-7(14)3-8(15)5-9/h3-6H,2H2,1H3,(H,18,19). The van der Waals surface area contributed by atoms with E-state index in [2.05, 4.69) is 26.2 Å². The molecule has 0 aliphatic carbocycles. The summed E-state index contributed by atoms with van der Waals surface area (Å²) in [7, 11) is 0. The van der Waals surface area contributed by atoms with Gasteiger partial charge in [0, 0.05) is 23.2 Å². The minimum Gasteiger partial charge on any atom is -0.436 e. The molecule has 20 heavy (non-hydrogen) atoms. The number of anilines is 1. The van der Waals surface area contributed by atoms with Gasteiger partial charge in [0.25, 0.3) is 5.88 Å². The lowest BCUT2D eigenvalue weighted by Crippen LogP contribution is -2.04. The molecular weight excluding hydrogens is 337 g/mol.